The van der Waals surface area contributed by atoms with E-state index < -0.39 is 0 Å². The maximum Gasteiger partial charge on any atom is 0.251 e. The van der Waals surface area contributed by atoms with Crippen LogP contribution >= 0.6 is 0 Å². The summed E-state index contributed by atoms with van der Waals surface area (Å²) in [5.74, 6) is 0.0572. The number of amides is 1. The summed E-state index contributed by atoms with van der Waals surface area (Å²) in [5, 5.41) is 12.5. The zero-order valence-electron chi connectivity index (χ0n) is 10.8. The van der Waals surface area contributed by atoms with Gasteiger partial charge < -0.3 is 10.4 Å². The van der Waals surface area contributed by atoms with Crippen molar-refractivity contribution in [3.8, 4) is 5.75 Å². The third-order valence-electron chi connectivity index (χ3n) is 2.94. The molecule has 1 unspecified atom stereocenters. The Morgan fingerprint density at radius 2 is 2.12 bits per heavy atom. The van der Waals surface area contributed by atoms with Gasteiger partial charge in [-0.3, -0.25) is 4.79 Å². The zero-order valence-corrected chi connectivity index (χ0v) is 10.8. The van der Waals surface area contributed by atoms with Gasteiger partial charge in [0.05, 0.1) is 0 Å². The molecule has 0 saturated carbocycles. The molecule has 0 bridgehead atoms. The Balaban J connectivity index is 2.72. The second kappa shape index (κ2) is 6.28. The molecule has 17 heavy (non-hydrogen) atoms. The number of hydrogen-bond donors (Lipinski definition) is 2. The summed E-state index contributed by atoms with van der Waals surface area (Å²) < 4.78 is 0. The Hall–Kier alpha value is -1.51. The number of benzene rings is 1. The van der Waals surface area contributed by atoms with Crippen LogP contribution in [0.3, 0.4) is 0 Å². The number of aromatic hydroxyl groups is 1. The van der Waals surface area contributed by atoms with Gasteiger partial charge in [-0.2, -0.15) is 0 Å². The molecule has 1 amide bonds. The Labute approximate surface area is 103 Å². The van der Waals surface area contributed by atoms with Gasteiger partial charge in [0.25, 0.3) is 5.91 Å². The minimum atomic E-state index is -0.111. The quantitative estimate of drug-likeness (QED) is 0.824. The molecule has 94 valence electrons. The van der Waals surface area contributed by atoms with E-state index in [1.54, 1.807) is 12.1 Å². The highest BCUT2D eigenvalue weighted by Crippen LogP contribution is 2.17. The van der Waals surface area contributed by atoms with E-state index in [2.05, 4.69) is 19.2 Å². The molecule has 0 radical (unpaired) electrons. The largest absolute Gasteiger partial charge is 0.508 e. The van der Waals surface area contributed by atoms with Crippen molar-refractivity contribution < 1.29 is 9.90 Å². The molecule has 0 saturated heterocycles. The first kappa shape index (κ1) is 13.6. The fraction of sp³-hybridized carbons (Fsp3) is 0.500. The van der Waals surface area contributed by atoms with Crippen molar-refractivity contribution in [3.05, 3.63) is 29.3 Å². The van der Waals surface area contributed by atoms with Crippen LogP contribution in [0, 0.1) is 6.92 Å². The highest BCUT2D eigenvalue weighted by Gasteiger charge is 2.12. The lowest BCUT2D eigenvalue weighted by Crippen LogP contribution is -2.34. The van der Waals surface area contributed by atoms with Crippen LogP contribution in [0.25, 0.3) is 0 Å². The smallest absolute Gasteiger partial charge is 0.251 e. The average Bonchev–Trinajstić information content (AvgIpc) is 2.31. The Bertz CT molecular complexity index is 388. The lowest BCUT2D eigenvalue weighted by atomic mass is 10.1. The van der Waals surface area contributed by atoms with Gasteiger partial charge in [-0.1, -0.05) is 26.3 Å². The summed E-state index contributed by atoms with van der Waals surface area (Å²) in [6.45, 7) is 5.97. The molecule has 0 spiro atoms. The SMILES string of the molecule is CCCC(CC)NC(=O)c1ccc(C)c(O)c1. The molecule has 1 atom stereocenters. The van der Waals surface area contributed by atoms with Crippen molar-refractivity contribution >= 4 is 5.91 Å². The minimum Gasteiger partial charge on any atom is -0.508 e. The van der Waals surface area contributed by atoms with Crippen LogP contribution in [0.4, 0.5) is 0 Å². The molecule has 0 aliphatic rings. The van der Waals surface area contributed by atoms with Gasteiger partial charge in [-0.25, -0.2) is 0 Å². The molecule has 0 fully saturated rings. The lowest BCUT2D eigenvalue weighted by molar-refractivity contribution is 0.0933. The van der Waals surface area contributed by atoms with E-state index in [9.17, 15) is 9.90 Å². The zero-order chi connectivity index (χ0) is 12.8. The lowest BCUT2D eigenvalue weighted by Gasteiger charge is -2.16. The molecule has 2 N–H and O–H groups in total. The first-order valence-corrected chi connectivity index (χ1v) is 6.19. The number of carbonyl (C=O) groups is 1. The maximum absolute atomic E-state index is 11.9. The van der Waals surface area contributed by atoms with Gasteiger partial charge in [0.1, 0.15) is 5.75 Å². The fourth-order valence-corrected chi connectivity index (χ4v) is 1.75. The normalized spacial score (nSPS) is 12.2. The Morgan fingerprint density at radius 1 is 1.41 bits per heavy atom. The summed E-state index contributed by atoms with van der Waals surface area (Å²) in [5.41, 5.74) is 1.30. The molecule has 0 aromatic heterocycles. The molecular weight excluding hydrogens is 214 g/mol. The molecule has 3 heteroatoms. The number of aryl methyl sites for hydroxylation is 1. The van der Waals surface area contributed by atoms with Gasteiger partial charge in [0.15, 0.2) is 0 Å². The van der Waals surface area contributed by atoms with E-state index in [1.165, 1.54) is 6.07 Å². The predicted octanol–water partition coefficient (Wildman–Crippen LogP) is 3.01. The first-order valence-electron chi connectivity index (χ1n) is 6.19. The fourth-order valence-electron chi connectivity index (χ4n) is 1.75. The van der Waals surface area contributed by atoms with Crippen LogP contribution in [0.1, 0.15) is 49.0 Å². The number of phenolic OH excluding ortho intramolecular Hbond substituents is 1. The van der Waals surface area contributed by atoms with E-state index >= 15 is 0 Å². The van der Waals surface area contributed by atoms with Gasteiger partial charge >= 0.3 is 0 Å². The standard InChI is InChI=1S/C14H21NO2/c1-4-6-12(5-2)15-14(17)11-8-7-10(3)13(16)9-11/h7-9,12,16H,4-6H2,1-3H3,(H,15,17). The van der Waals surface area contributed by atoms with Crippen LogP contribution in [0.15, 0.2) is 18.2 Å². The van der Waals surface area contributed by atoms with E-state index in [0.717, 1.165) is 24.8 Å². The van der Waals surface area contributed by atoms with Crippen LogP contribution in [-0.4, -0.2) is 17.1 Å². The molecular formula is C14H21NO2. The van der Waals surface area contributed by atoms with Crippen molar-refractivity contribution in [3.63, 3.8) is 0 Å². The third-order valence-corrected chi connectivity index (χ3v) is 2.94. The van der Waals surface area contributed by atoms with Gasteiger partial charge in [-0.15, -0.1) is 0 Å². The Morgan fingerprint density at radius 3 is 2.65 bits per heavy atom. The number of hydrogen-bond acceptors (Lipinski definition) is 2. The second-order valence-corrected chi connectivity index (χ2v) is 4.37. The third kappa shape index (κ3) is 3.77. The molecule has 1 aromatic rings. The minimum absolute atomic E-state index is 0.111. The number of rotatable bonds is 5. The molecule has 1 aromatic carbocycles. The van der Waals surface area contributed by atoms with E-state index in [-0.39, 0.29) is 17.7 Å². The topological polar surface area (TPSA) is 49.3 Å². The van der Waals surface area contributed by atoms with Gasteiger partial charge in [-0.05, 0) is 37.5 Å². The Kier molecular flexibility index (Phi) is 5.01. The summed E-state index contributed by atoms with van der Waals surface area (Å²) in [7, 11) is 0. The van der Waals surface area contributed by atoms with Crippen LogP contribution in [0.2, 0.25) is 0 Å². The van der Waals surface area contributed by atoms with E-state index in [0.29, 0.717) is 5.56 Å². The van der Waals surface area contributed by atoms with Gasteiger partial charge in [0, 0.05) is 11.6 Å². The van der Waals surface area contributed by atoms with Crippen LogP contribution < -0.4 is 5.32 Å². The summed E-state index contributed by atoms with van der Waals surface area (Å²) in [4.78, 5) is 11.9. The molecule has 0 heterocycles. The molecule has 0 aliphatic carbocycles. The summed E-state index contributed by atoms with van der Waals surface area (Å²) in [6, 6.07) is 5.23. The van der Waals surface area contributed by atoms with Crippen molar-refractivity contribution in [2.45, 2.75) is 46.1 Å². The number of nitrogens with one attached hydrogen (secondary N) is 1. The van der Waals surface area contributed by atoms with Crippen molar-refractivity contribution in [1.29, 1.82) is 0 Å². The van der Waals surface area contributed by atoms with Crippen LogP contribution in [0.5, 0.6) is 5.75 Å². The van der Waals surface area contributed by atoms with Crippen LogP contribution in [-0.2, 0) is 0 Å². The molecule has 0 aliphatic heterocycles. The monoisotopic (exact) mass is 235 g/mol. The predicted molar refractivity (Wildman–Crippen MR) is 69.3 cm³/mol. The van der Waals surface area contributed by atoms with Crippen molar-refractivity contribution in [1.82, 2.24) is 5.32 Å². The number of phenols is 1. The van der Waals surface area contributed by atoms with Crippen molar-refractivity contribution in [2.75, 3.05) is 0 Å². The molecule has 1 rings (SSSR count). The number of carbonyl (C=O) groups excluding carboxylic acids is 1. The highest BCUT2D eigenvalue weighted by molar-refractivity contribution is 5.94. The highest BCUT2D eigenvalue weighted by atomic mass is 16.3. The van der Waals surface area contributed by atoms with Gasteiger partial charge in [0.2, 0.25) is 0 Å². The van der Waals surface area contributed by atoms with Crippen molar-refractivity contribution in [2.24, 2.45) is 0 Å². The first-order chi connectivity index (χ1) is 8.08. The maximum atomic E-state index is 11.9. The summed E-state index contributed by atoms with van der Waals surface area (Å²) in [6.07, 6.45) is 2.97. The molecule has 3 nitrogen and oxygen atoms in total. The second-order valence-electron chi connectivity index (χ2n) is 4.37. The van der Waals surface area contributed by atoms with E-state index in [1.807, 2.05) is 6.92 Å². The summed E-state index contributed by atoms with van der Waals surface area (Å²) >= 11 is 0. The van der Waals surface area contributed by atoms with E-state index in [4.69, 9.17) is 0 Å². The average molecular weight is 235 g/mol.